The van der Waals surface area contributed by atoms with E-state index < -0.39 is 5.60 Å². The number of benzene rings is 2. The molecule has 2 aromatic rings. The second kappa shape index (κ2) is 7.53. The van der Waals surface area contributed by atoms with Crippen LogP contribution in [0.4, 0.5) is 4.39 Å². The normalized spacial score (nSPS) is 19.2. The van der Waals surface area contributed by atoms with Crippen molar-refractivity contribution >= 4 is 5.91 Å². The fourth-order valence-corrected chi connectivity index (χ4v) is 3.92. The topological polar surface area (TPSA) is 59.0 Å². The molecule has 0 spiro atoms. The summed E-state index contributed by atoms with van der Waals surface area (Å²) in [5.74, 6) is 0.123. The number of carbonyl (C=O) groups excluding carboxylic acids is 1. The van der Waals surface area contributed by atoms with Gasteiger partial charge in [0, 0.05) is 18.7 Å². The predicted molar refractivity (Wildman–Crippen MR) is 102 cm³/mol. The number of amides is 1. The molecule has 28 heavy (non-hydrogen) atoms. The van der Waals surface area contributed by atoms with Gasteiger partial charge >= 0.3 is 0 Å². The minimum absolute atomic E-state index is 0.0113. The Labute approximate surface area is 163 Å². The first-order chi connectivity index (χ1) is 13.5. The van der Waals surface area contributed by atoms with Crippen molar-refractivity contribution in [3.8, 4) is 5.75 Å². The summed E-state index contributed by atoms with van der Waals surface area (Å²) >= 11 is 0. The van der Waals surface area contributed by atoms with Gasteiger partial charge in [-0.3, -0.25) is 4.79 Å². The molecule has 5 nitrogen and oxygen atoms in total. The molecule has 2 aliphatic rings. The lowest BCUT2D eigenvalue weighted by atomic mass is 9.88. The number of hydrogen-bond donors (Lipinski definition) is 1. The summed E-state index contributed by atoms with van der Waals surface area (Å²) in [5.41, 5.74) is 1.41. The van der Waals surface area contributed by atoms with Crippen molar-refractivity contribution in [1.29, 1.82) is 0 Å². The Bertz CT molecular complexity index is 855. The highest BCUT2D eigenvalue weighted by Gasteiger charge is 2.38. The summed E-state index contributed by atoms with van der Waals surface area (Å²) < 4.78 is 24.0. The number of rotatable bonds is 4. The Kier molecular flexibility index (Phi) is 5.08. The Morgan fingerprint density at radius 1 is 1.18 bits per heavy atom. The Hall–Kier alpha value is -2.44. The van der Waals surface area contributed by atoms with Crippen LogP contribution in [0.5, 0.6) is 5.75 Å². The summed E-state index contributed by atoms with van der Waals surface area (Å²) in [4.78, 5) is 14.6. The number of piperidine rings is 1. The number of methoxy groups -OCH3 is 1. The molecule has 0 radical (unpaired) electrons. The maximum absolute atomic E-state index is 14.0. The largest absolute Gasteiger partial charge is 0.494 e. The first-order valence-electron chi connectivity index (χ1n) is 9.53. The minimum atomic E-state index is -0.923. The summed E-state index contributed by atoms with van der Waals surface area (Å²) in [6.07, 6.45) is 1.60. The minimum Gasteiger partial charge on any atom is -0.494 e. The van der Waals surface area contributed by atoms with Gasteiger partial charge in [0.2, 0.25) is 0 Å². The maximum atomic E-state index is 14.0. The van der Waals surface area contributed by atoms with Crippen molar-refractivity contribution in [2.45, 2.75) is 24.4 Å². The van der Waals surface area contributed by atoms with Gasteiger partial charge in [0.1, 0.15) is 5.60 Å². The van der Waals surface area contributed by atoms with Crippen LogP contribution in [0.1, 0.15) is 40.2 Å². The third kappa shape index (κ3) is 3.50. The summed E-state index contributed by atoms with van der Waals surface area (Å²) in [6, 6.07) is 12.2. The fraction of sp³-hybridized carbons (Fsp3) is 0.409. The SMILES string of the molecule is COc1ccc(C2CCN(C(=O)c3ccc(C4(O)COC4)cc3)CC2)cc1F. The van der Waals surface area contributed by atoms with Crippen molar-refractivity contribution in [2.75, 3.05) is 33.4 Å². The highest BCUT2D eigenvalue weighted by molar-refractivity contribution is 5.94. The van der Waals surface area contributed by atoms with Crippen LogP contribution in [0, 0.1) is 5.82 Å². The van der Waals surface area contributed by atoms with Crippen LogP contribution in [0.15, 0.2) is 42.5 Å². The van der Waals surface area contributed by atoms with E-state index in [1.54, 1.807) is 30.3 Å². The van der Waals surface area contributed by atoms with E-state index in [0.717, 1.165) is 24.0 Å². The van der Waals surface area contributed by atoms with Crippen LogP contribution >= 0.6 is 0 Å². The lowest BCUT2D eigenvalue weighted by Crippen LogP contribution is -2.46. The van der Waals surface area contributed by atoms with Gasteiger partial charge < -0.3 is 19.5 Å². The zero-order valence-electron chi connectivity index (χ0n) is 15.9. The molecule has 0 aromatic heterocycles. The average Bonchev–Trinajstić information content (AvgIpc) is 2.71. The molecule has 1 amide bonds. The highest BCUT2D eigenvalue weighted by Crippen LogP contribution is 2.32. The van der Waals surface area contributed by atoms with Gasteiger partial charge in [0.15, 0.2) is 11.6 Å². The molecule has 0 unspecified atom stereocenters. The molecule has 6 heteroatoms. The van der Waals surface area contributed by atoms with E-state index in [1.165, 1.54) is 13.2 Å². The van der Waals surface area contributed by atoms with E-state index in [2.05, 4.69) is 0 Å². The van der Waals surface area contributed by atoms with Crippen LogP contribution in [-0.2, 0) is 10.3 Å². The molecule has 0 aliphatic carbocycles. The summed E-state index contributed by atoms with van der Waals surface area (Å²) in [6.45, 7) is 1.85. The molecule has 2 aliphatic heterocycles. The highest BCUT2D eigenvalue weighted by atomic mass is 19.1. The van der Waals surface area contributed by atoms with Gasteiger partial charge in [-0.25, -0.2) is 4.39 Å². The number of hydrogen-bond acceptors (Lipinski definition) is 4. The van der Waals surface area contributed by atoms with E-state index in [0.29, 0.717) is 31.9 Å². The van der Waals surface area contributed by atoms with Crippen LogP contribution in [0.25, 0.3) is 0 Å². The molecule has 148 valence electrons. The molecule has 1 N–H and O–H groups in total. The molecular formula is C22H24FNO4. The molecule has 0 bridgehead atoms. The van der Waals surface area contributed by atoms with Crippen LogP contribution in [-0.4, -0.2) is 49.3 Å². The molecule has 0 saturated carbocycles. The number of halogens is 1. The van der Waals surface area contributed by atoms with Gasteiger partial charge in [-0.2, -0.15) is 0 Å². The quantitative estimate of drug-likeness (QED) is 0.879. The van der Waals surface area contributed by atoms with Crippen molar-refractivity contribution < 1.29 is 23.8 Å². The maximum Gasteiger partial charge on any atom is 0.253 e. The fourth-order valence-electron chi connectivity index (χ4n) is 3.92. The van der Waals surface area contributed by atoms with Gasteiger partial charge in [-0.15, -0.1) is 0 Å². The van der Waals surface area contributed by atoms with E-state index in [9.17, 15) is 14.3 Å². The van der Waals surface area contributed by atoms with Gasteiger partial charge in [0.25, 0.3) is 5.91 Å². The van der Waals surface area contributed by atoms with Crippen LogP contribution in [0.3, 0.4) is 0 Å². The molecule has 0 atom stereocenters. The number of aliphatic hydroxyl groups is 1. The molecule has 2 heterocycles. The van der Waals surface area contributed by atoms with Gasteiger partial charge in [0.05, 0.1) is 20.3 Å². The van der Waals surface area contributed by atoms with Crippen LogP contribution < -0.4 is 4.74 Å². The molecule has 2 aromatic carbocycles. The van der Waals surface area contributed by atoms with Crippen molar-refractivity contribution in [3.05, 3.63) is 65.0 Å². The molecule has 4 rings (SSSR count). The number of carbonyl (C=O) groups is 1. The van der Waals surface area contributed by atoms with E-state index in [1.807, 2.05) is 11.0 Å². The van der Waals surface area contributed by atoms with Crippen molar-refractivity contribution in [2.24, 2.45) is 0 Å². The van der Waals surface area contributed by atoms with Gasteiger partial charge in [-0.05, 0) is 54.2 Å². The number of likely N-dealkylation sites (tertiary alicyclic amines) is 1. The zero-order chi connectivity index (χ0) is 19.7. The third-order valence-electron chi connectivity index (χ3n) is 5.78. The predicted octanol–water partition coefficient (Wildman–Crippen LogP) is 3.07. The Morgan fingerprint density at radius 3 is 2.39 bits per heavy atom. The third-order valence-corrected chi connectivity index (χ3v) is 5.78. The average molecular weight is 385 g/mol. The molecule has 2 fully saturated rings. The lowest BCUT2D eigenvalue weighted by Gasteiger charge is -2.37. The standard InChI is InChI=1S/C22H24FNO4/c1-27-20-7-4-17(12-19(20)23)15-8-10-24(11-9-15)21(25)16-2-5-18(6-3-16)22(26)13-28-14-22/h2-7,12,15,26H,8-11,13-14H2,1H3. The molecular weight excluding hydrogens is 361 g/mol. The van der Waals surface area contributed by atoms with E-state index in [-0.39, 0.29) is 23.4 Å². The Balaban J connectivity index is 1.38. The lowest BCUT2D eigenvalue weighted by molar-refractivity contribution is -0.184. The summed E-state index contributed by atoms with van der Waals surface area (Å²) in [5, 5.41) is 10.3. The van der Waals surface area contributed by atoms with E-state index in [4.69, 9.17) is 9.47 Å². The number of nitrogens with zero attached hydrogens (tertiary/aromatic N) is 1. The zero-order valence-corrected chi connectivity index (χ0v) is 15.9. The Morgan fingerprint density at radius 2 is 1.86 bits per heavy atom. The van der Waals surface area contributed by atoms with Crippen molar-refractivity contribution in [1.82, 2.24) is 4.90 Å². The van der Waals surface area contributed by atoms with Crippen molar-refractivity contribution in [3.63, 3.8) is 0 Å². The second-order valence-corrected chi connectivity index (χ2v) is 7.56. The monoisotopic (exact) mass is 385 g/mol. The number of ether oxygens (including phenoxy) is 2. The van der Waals surface area contributed by atoms with Crippen LogP contribution in [0.2, 0.25) is 0 Å². The smallest absolute Gasteiger partial charge is 0.253 e. The van der Waals surface area contributed by atoms with E-state index >= 15 is 0 Å². The van der Waals surface area contributed by atoms with Gasteiger partial charge in [-0.1, -0.05) is 18.2 Å². The first-order valence-corrected chi connectivity index (χ1v) is 9.53. The summed E-state index contributed by atoms with van der Waals surface area (Å²) in [7, 11) is 1.45. The molecule has 2 saturated heterocycles. The second-order valence-electron chi connectivity index (χ2n) is 7.56. The first kappa shape index (κ1) is 18.9.